The fourth-order valence-corrected chi connectivity index (χ4v) is 2.43. The van der Waals surface area contributed by atoms with Crippen molar-refractivity contribution in [1.29, 1.82) is 5.26 Å². The van der Waals surface area contributed by atoms with Gasteiger partial charge in [-0.05, 0) is 44.1 Å². The molecule has 0 aliphatic carbocycles. The van der Waals surface area contributed by atoms with Gasteiger partial charge < -0.3 is 10.6 Å². The lowest BCUT2D eigenvalue weighted by Gasteiger charge is -2.24. The number of nitriles is 1. The number of nitrogens with zero attached hydrogens (tertiary/aromatic N) is 1. The topological polar surface area (TPSA) is 47.9 Å². The lowest BCUT2D eigenvalue weighted by molar-refractivity contribution is 0.479. The molecule has 1 heterocycles. The van der Waals surface area contributed by atoms with E-state index in [9.17, 15) is 0 Å². The van der Waals surface area contributed by atoms with Gasteiger partial charge in [0.1, 0.15) is 0 Å². The van der Waals surface area contributed by atoms with E-state index in [0.717, 1.165) is 36.1 Å². The quantitative estimate of drug-likeness (QED) is 0.875. The second-order valence-corrected chi connectivity index (χ2v) is 4.92. The van der Waals surface area contributed by atoms with Crippen LogP contribution in [0.3, 0.4) is 0 Å². The average molecular weight is 280 g/mol. The number of anilines is 1. The van der Waals surface area contributed by atoms with E-state index in [1.807, 2.05) is 18.2 Å². The van der Waals surface area contributed by atoms with Crippen molar-refractivity contribution in [3.05, 3.63) is 28.2 Å². The van der Waals surface area contributed by atoms with Crippen LogP contribution in [0.5, 0.6) is 0 Å². The monoisotopic (exact) mass is 279 g/mol. The van der Waals surface area contributed by atoms with Gasteiger partial charge >= 0.3 is 0 Å². The Kier molecular flexibility index (Phi) is 3.81. The summed E-state index contributed by atoms with van der Waals surface area (Å²) in [5.74, 6) is 0. The maximum atomic E-state index is 8.88. The number of nitrogens with one attached hydrogen (secondary N) is 2. The Morgan fingerprint density at radius 2 is 2.06 bits per heavy atom. The largest absolute Gasteiger partial charge is 0.382 e. The summed E-state index contributed by atoms with van der Waals surface area (Å²) in [5, 5.41) is 15.7. The number of hydrogen-bond donors (Lipinski definition) is 2. The standard InChI is InChI=1S/C12H14BrN3/c13-10-5-9(8-14)6-12(7-10)16-11-1-3-15-4-2-11/h5-7,11,15-16H,1-4H2. The van der Waals surface area contributed by atoms with Gasteiger partial charge in [0.25, 0.3) is 0 Å². The fraction of sp³-hybridized carbons (Fsp3) is 0.417. The van der Waals surface area contributed by atoms with Crippen LogP contribution in [-0.4, -0.2) is 19.1 Å². The zero-order valence-corrected chi connectivity index (χ0v) is 10.5. The molecule has 3 nitrogen and oxygen atoms in total. The summed E-state index contributed by atoms with van der Waals surface area (Å²) in [6.07, 6.45) is 2.27. The Labute approximate surface area is 104 Å². The Balaban J connectivity index is 2.08. The van der Waals surface area contributed by atoms with Gasteiger partial charge in [-0.3, -0.25) is 0 Å². The van der Waals surface area contributed by atoms with E-state index in [0.29, 0.717) is 11.6 Å². The van der Waals surface area contributed by atoms with Crippen LogP contribution in [0.1, 0.15) is 18.4 Å². The molecule has 2 rings (SSSR count). The predicted octanol–water partition coefficient (Wildman–Crippen LogP) is 2.48. The second-order valence-electron chi connectivity index (χ2n) is 4.01. The summed E-state index contributed by atoms with van der Waals surface area (Å²) in [7, 11) is 0. The van der Waals surface area contributed by atoms with Crippen LogP contribution in [0, 0.1) is 11.3 Å². The van der Waals surface area contributed by atoms with Crippen molar-refractivity contribution in [1.82, 2.24) is 5.32 Å². The van der Waals surface area contributed by atoms with Crippen LogP contribution in [0.2, 0.25) is 0 Å². The van der Waals surface area contributed by atoms with Crippen molar-refractivity contribution in [2.45, 2.75) is 18.9 Å². The van der Waals surface area contributed by atoms with Gasteiger partial charge in [0, 0.05) is 16.2 Å². The molecular formula is C12H14BrN3. The van der Waals surface area contributed by atoms with Gasteiger partial charge in [0.05, 0.1) is 11.6 Å². The molecular weight excluding hydrogens is 266 g/mol. The molecule has 0 bridgehead atoms. The van der Waals surface area contributed by atoms with Crippen LogP contribution < -0.4 is 10.6 Å². The number of rotatable bonds is 2. The third kappa shape index (κ3) is 2.97. The van der Waals surface area contributed by atoms with Crippen molar-refractivity contribution in [2.75, 3.05) is 18.4 Å². The molecule has 1 fully saturated rings. The van der Waals surface area contributed by atoms with Gasteiger partial charge in [0.15, 0.2) is 0 Å². The Hall–Kier alpha value is -1.05. The number of halogens is 1. The van der Waals surface area contributed by atoms with Crippen molar-refractivity contribution in [2.24, 2.45) is 0 Å². The van der Waals surface area contributed by atoms with Crippen molar-refractivity contribution in [3.63, 3.8) is 0 Å². The first-order valence-electron chi connectivity index (χ1n) is 5.46. The van der Waals surface area contributed by atoms with Crippen LogP contribution >= 0.6 is 15.9 Å². The van der Waals surface area contributed by atoms with Gasteiger partial charge in [-0.25, -0.2) is 0 Å². The second kappa shape index (κ2) is 5.33. The Morgan fingerprint density at radius 3 is 2.75 bits per heavy atom. The third-order valence-corrected chi connectivity index (χ3v) is 3.19. The first-order valence-corrected chi connectivity index (χ1v) is 6.25. The van der Waals surface area contributed by atoms with Crippen LogP contribution in [0.4, 0.5) is 5.69 Å². The lowest BCUT2D eigenvalue weighted by Crippen LogP contribution is -2.35. The molecule has 1 aromatic carbocycles. The highest BCUT2D eigenvalue weighted by Gasteiger charge is 2.12. The minimum atomic E-state index is 0.516. The molecule has 0 spiro atoms. The van der Waals surface area contributed by atoms with E-state index in [1.54, 1.807) is 0 Å². The molecule has 0 saturated carbocycles. The molecule has 1 aliphatic rings. The molecule has 0 atom stereocenters. The SMILES string of the molecule is N#Cc1cc(Br)cc(NC2CCNCC2)c1. The van der Waals surface area contributed by atoms with Crippen LogP contribution in [-0.2, 0) is 0 Å². The molecule has 84 valence electrons. The van der Waals surface area contributed by atoms with E-state index in [4.69, 9.17) is 5.26 Å². The maximum absolute atomic E-state index is 8.88. The molecule has 0 radical (unpaired) electrons. The summed E-state index contributed by atoms with van der Waals surface area (Å²) in [6, 6.07) is 8.42. The maximum Gasteiger partial charge on any atom is 0.0992 e. The first-order chi connectivity index (χ1) is 7.78. The van der Waals surface area contributed by atoms with E-state index >= 15 is 0 Å². The molecule has 0 amide bonds. The molecule has 4 heteroatoms. The summed E-state index contributed by atoms with van der Waals surface area (Å²) < 4.78 is 0.947. The minimum absolute atomic E-state index is 0.516. The first kappa shape index (κ1) is 11.4. The van der Waals surface area contributed by atoms with E-state index in [2.05, 4.69) is 32.6 Å². The molecule has 1 aromatic rings. The zero-order valence-electron chi connectivity index (χ0n) is 8.96. The molecule has 16 heavy (non-hydrogen) atoms. The van der Waals surface area contributed by atoms with E-state index in [-0.39, 0.29) is 0 Å². The third-order valence-electron chi connectivity index (χ3n) is 2.74. The number of benzene rings is 1. The van der Waals surface area contributed by atoms with Crippen molar-refractivity contribution in [3.8, 4) is 6.07 Å². The average Bonchev–Trinajstić information content (AvgIpc) is 2.29. The van der Waals surface area contributed by atoms with Gasteiger partial charge in [0.2, 0.25) is 0 Å². The van der Waals surface area contributed by atoms with Crippen molar-refractivity contribution < 1.29 is 0 Å². The van der Waals surface area contributed by atoms with Gasteiger partial charge in [-0.2, -0.15) is 5.26 Å². The smallest absolute Gasteiger partial charge is 0.0992 e. The highest BCUT2D eigenvalue weighted by atomic mass is 79.9. The fourth-order valence-electron chi connectivity index (χ4n) is 1.94. The summed E-state index contributed by atoms with van der Waals surface area (Å²) in [4.78, 5) is 0. The number of piperidine rings is 1. The molecule has 0 unspecified atom stereocenters. The van der Waals surface area contributed by atoms with Gasteiger partial charge in [-0.1, -0.05) is 15.9 Å². The molecule has 1 aliphatic heterocycles. The minimum Gasteiger partial charge on any atom is -0.382 e. The Bertz CT molecular complexity index is 405. The van der Waals surface area contributed by atoms with Crippen LogP contribution in [0.25, 0.3) is 0 Å². The number of hydrogen-bond acceptors (Lipinski definition) is 3. The Morgan fingerprint density at radius 1 is 1.31 bits per heavy atom. The summed E-state index contributed by atoms with van der Waals surface area (Å²) >= 11 is 3.42. The van der Waals surface area contributed by atoms with Crippen LogP contribution in [0.15, 0.2) is 22.7 Å². The lowest BCUT2D eigenvalue weighted by atomic mass is 10.1. The normalized spacial score (nSPS) is 16.8. The highest BCUT2D eigenvalue weighted by molar-refractivity contribution is 9.10. The summed E-state index contributed by atoms with van der Waals surface area (Å²) in [5.41, 5.74) is 1.71. The highest BCUT2D eigenvalue weighted by Crippen LogP contribution is 2.21. The molecule has 1 saturated heterocycles. The summed E-state index contributed by atoms with van der Waals surface area (Å²) in [6.45, 7) is 2.13. The van der Waals surface area contributed by atoms with E-state index < -0.39 is 0 Å². The van der Waals surface area contributed by atoms with E-state index in [1.165, 1.54) is 0 Å². The predicted molar refractivity (Wildman–Crippen MR) is 68.4 cm³/mol. The zero-order chi connectivity index (χ0) is 11.4. The molecule has 2 N–H and O–H groups in total. The van der Waals surface area contributed by atoms with Gasteiger partial charge in [-0.15, -0.1) is 0 Å². The van der Waals surface area contributed by atoms with Crippen molar-refractivity contribution >= 4 is 21.6 Å². The molecule has 0 aromatic heterocycles.